The number of aromatic nitrogens is 4. The fourth-order valence-corrected chi connectivity index (χ4v) is 5.31. The van der Waals surface area contributed by atoms with E-state index in [1.165, 1.54) is 6.33 Å². The van der Waals surface area contributed by atoms with Crippen LogP contribution in [0.15, 0.2) is 54.9 Å². The molecule has 0 saturated heterocycles. The number of fused-ring (bicyclic) bond motifs is 2. The Balaban J connectivity index is 1.27. The number of anilines is 1. The predicted octanol–water partition coefficient (Wildman–Crippen LogP) is 3.26. The van der Waals surface area contributed by atoms with E-state index in [2.05, 4.69) is 15.3 Å². The van der Waals surface area contributed by atoms with Crippen LogP contribution < -0.4 is 11.1 Å². The Labute approximate surface area is 196 Å². The number of hydrogen-bond donors (Lipinski definition) is 3. The molecule has 2 heterocycles. The SMILES string of the molecule is Cc1ccccc1C(=O)NCc1ccc(-c2nn(C3CC(O)C4CC43)c3ncnc(N)c23)cc1. The second-order valence-electron chi connectivity index (χ2n) is 9.38. The van der Waals surface area contributed by atoms with Gasteiger partial charge in [0.1, 0.15) is 17.8 Å². The first-order valence-electron chi connectivity index (χ1n) is 11.6. The summed E-state index contributed by atoms with van der Waals surface area (Å²) in [7, 11) is 0. The number of hydrogen-bond acceptors (Lipinski definition) is 6. The van der Waals surface area contributed by atoms with Crippen molar-refractivity contribution in [2.24, 2.45) is 11.8 Å². The van der Waals surface area contributed by atoms with Crippen molar-refractivity contribution in [2.45, 2.75) is 38.5 Å². The van der Waals surface area contributed by atoms with Crippen LogP contribution >= 0.6 is 0 Å². The van der Waals surface area contributed by atoms with E-state index in [4.69, 9.17) is 10.8 Å². The van der Waals surface area contributed by atoms with Crippen LogP contribution in [-0.4, -0.2) is 36.9 Å². The van der Waals surface area contributed by atoms with Crippen LogP contribution in [0.4, 0.5) is 5.82 Å². The molecule has 0 radical (unpaired) electrons. The van der Waals surface area contributed by atoms with Crippen LogP contribution in [0, 0.1) is 18.8 Å². The second-order valence-corrected chi connectivity index (χ2v) is 9.38. The lowest BCUT2D eigenvalue weighted by molar-refractivity contribution is 0.0950. The number of nitrogens with zero attached hydrogens (tertiary/aromatic N) is 4. The van der Waals surface area contributed by atoms with Crippen molar-refractivity contribution in [3.63, 3.8) is 0 Å². The molecule has 2 aromatic carbocycles. The Morgan fingerprint density at radius 2 is 1.91 bits per heavy atom. The van der Waals surface area contributed by atoms with Crippen molar-refractivity contribution >= 4 is 22.8 Å². The highest BCUT2D eigenvalue weighted by Gasteiger charge is 2.55. The molecule has 4 N–H and O–H groups in total. The monoisotopic (exact) mass is 454 g/mol. The molecule has 2 saturated carbocycles. The summed E-state index contributed by atoms with van der Waals surface area (Å²) < 4.78 is 1.94. The Hall–Kier alpha value is -3.78. The summed E-state index contributed by atoms with van der Waals surface area (Å²) in [4.78, 5) is 21.2. The van der Waals surface area contributed by atoms with Crippen LogP contribution in [0.5, 0.6) is 0 Å². The molecule has 4 unspecified atom stereocenters. The van der Waals surface area contributed by atoms with Gasteiger partial charge in [-0.05, 0) is 48.8 Å². The van der Waals surface area contributed by atoms with Crippen LogP contribution in [0.2, 0.25) is 0 Å². The zero-order chi connectivity index (χ0) is 23.4. The summed E-state index contributed by atoms with van der Waals surface area (Å²) in [6.07, 6.45) is 2.92. The van der Waals surface area contributed by atoms with Gasteiger partial charge in [0.25, 0.3) is 5.91 Å². The van der Waals surface area contributed by atoms with Gasteiger partial charge in [-0.1, -0.05) is 42.5 Å². The lowest BCUT2D eigenvalue weighted by Crippen LogP contribution is -2.23. The summed E-state index contributed by atoms with van der Waals surface area (Å²) in [5.41, 5.74) is 11.2. The highest BCUT2D eigenvalue weighted by atomic mass is 16.3. The maximum absolute atomic E-state index is 12.5. The maximum atomic E-state index is 12.5. The quantitative estimate of drug-likeness (QED) is 0.426. The molecular formula is C26H26N6O2. The molecule has 4 atom stereocenters. The third-order valence-electron chi connectivity index (χ3n) is 7.26. The van der Waals surface area contributed by atoms with Crippen LogP contribution in [0.3, 0.4) is 0 Å². The minimum Gasteiger partial charge on any atom is -0.393 e. The van der Waals surface area contributed by atoms with Gasteiger partial charge in [-0.2, -0.15) is 5.10 Å². The van der Waals surface area contributed by atoms with E-state index in [1.54, 1.807) is 0 Å². The molecule has 34 heavy (non-hydrogen) atoms. The van der Waals surface area contributed by atoms with Crippen molar-refractivity contribution in [2.75, 3.05) is 5.73 Å². The van der Waals surface area contributed by atoms with Gasteiger partial charge in [-0.15, -0.1) is 0 Å². The number of carbonyl (C=O) groups excluding carboxylic acids is 1. The van der Waals surface area contributed by atoms with E-state index in [0.717, 1.165) is 34.2 Å². The second kappa shape index (κ2) is 7.92. The fraction of sp³-hybridized carbons (Fsp3) is 0.308. The van der Waals surface area contributed by atoms with Gasteiger partial charge in [0.15, 0.2) is 5.65 Å². The van der Waals surface area contributed by atoms with Gasteiger partial charge in [0, 0.05) is 17.7 Å². The maximum Gasteiger partial charge on any atom is 0.251 e. The number of amides is 1. The number of aliphatic hydroxyl groups is 1. The van der Waals surface area contributed by atoms with Crippen LogP contribution in [0.1, 0.15) is 40.4 Å². The number of carbonyl (C=O) groups is 1. The number of aliphatic hydroxyl groups excluding tert-OH is 1. The molecule has 2 aliphatic carbocycles. The number of nitrogens with one attached hydrogen (secondary N) is 1. The molecule has 6 rings (SSSR count). The fourth-order valence-electron chi connectivity index (χ4n) is 5.31. The molecule has 2 aromatic heterocycles. The zero-order valence-electron chi connectivity index (χ0n) is 18.8. The highest BCUT2D eigenvalue weighted by Crippen LogP contribution is 2.58. The first-order valence-corrected chi connectivity index (χ1v) is 11.6. The summed E-state index contributed by atoms with van der Waals surface area (Å²) in [5, 5.41) is 18.9. The van der Waals surface area contributed by atoms with Gasteiger partial charge < -0.3 is 16.2 Å². The average molecular weight is 455 g/mol. The van der Waals surface area contributed by atoms with Crippen LogP contribution in [-0.2, 0) is 6.54 Å². The number of benzene rings is 2. The molecule has 8 heteroatoms. The Morgan fingerprint density at radius 3 is 2.62 bits per heavy atom. The number of aryl methyl sites for hydroxylation is 1. The Morgan fingerprint density at radius 1 is 1.12 bits per heavy atom. The lowest BCUT2D eigenvalue weighted by atomic mass is 10.1. The molecule has 0 aliphatic heterocycles. The van der Waals surface area contributed by atoms with E-state index >= 15 is 0 Å². The molecule has 4 aromatic rings. The smallest absolute Gasteiger partial charge is 0.251 e. The molecule has 2 fully saturated rings. The Kier molecular flexibility index (Phi) is 4.84. The lowest BCUT2D eigenvalue weighted by Gasteiger charge is -2.14. The van der Waals surface area contributed by atoms with Gasteiger partial charge in [-0.3, -0.25) is 4.79 Å². The van der Waals surface area contributed by atoms with Crippen LogP contribution in [0.25, 0.3) is 22.3 Å². The van der Waals surface area contributed by atoms with Crippen molar-refractivity contribution in [1.29, 1.82) is 0 Å². The third-order valence-corrected chi connectivity index (χ3v) is 7.26. The molecular weight excluding hydrogens is 428 g/mol. The standard InChI is InChI=1S/C26H26N6O2/c1-14-4-2-3-5-17(14)26(34)28-12-15-6-8-16(9-7-15)23-22-24(27)29-13-30-25(22)32(31-23)20-11-21(33)19-10-18(19)20/h2-9,13,18-21,33H,10-12H2,1H3,(H,28,34)(H2,27,29,30). The van der Waals surface area contributed by atoms with E-state index in [0.29, 0.717) is 41.8 Å². The summed E-state index contributed by atoms with van der Waals surface area (Å²) >= 11 is 0. The first kappa shape index (κ1) is 20.8. The highest BCUT2D eigenvalue weighted by molar-refractivity contribution is 5.98. The average Bonchev–Trinajstić information content (AvgIpc) is 3.45. The molecule has 0 bridgehead atoms. The van der Waals surface area contributed by atoms with Gasteiger partial charge >= 0.3 is 0 Å². The minimum atomic E-state index is -0.272. The van der Waals surface area contributed by atoms with Crippen molar-refractivity contribution < 1.29 is 9.90 Å². The molecule has 2 aliphatic rings. The first-order chi connectivity index (χ1) is 16.5. The van der Waals surface area contributed by atoms with E-state index in [1.807, 2.05) is 60.1 Å². The van der Waals surface area contributed by atoms with Gasteiger partial charge in [0.05, 0.1) is 17.5 Å². The predicted molar refractivity (Wildman–Crippen MR) is 129 cm³/mol. The minimum absolute atomic E-state index is 0.0889. The molecule has 8 nitrogen and oxygen atoms in total. The Bertz CT molecular complexity index is 1400. The molecule has 172 valence electrons. The number of nitrogens with two attached hydrogens (primary N) is 1. The zero-order valence-corrected chi connectivity index (χ0v) is 18.8. The van der Waals surface area contributed by atoms with E-state index < -0.39 is 0 Å². The summed E-state index contributed by atoms with van der Waals surface area (Å²) in [6, 6.07) is 15.6. The summed E-state index contributed by atoms with van der Waals surface area (Å²) in [6.45, 7) is 2.36. The normalized spacial score (nSPS) is 23.1. The third kappa shape index (κ3) is 3.42. The van der Waals surface area contributed by atoms with E-state index in [9.17, 15) is 9.90 Å². The van der Waals surface area contributed by atoms with Gasteiger partial charge in [-0.25, -0.2) is 14.6 Å². The van der Waals surface area contributed by atoms with Crippen molar-refractivity contribution in [3.05, 3.63) is 71.5 Å². The van der Waals surface area contributed by atoms with Crippen molar-refractivity contribution in [1.82, 2.24) is 25.1 Å². The largest absolute Gasteiger partial charge is 0.393 e. The van der Waals surface area contributed by atoms with E-state index in [-0.39, 0.29) is 18.1 Å². The number of nitrogen functional groups attached to an aromatic ring is 1. The number of rotatable bonds is 5. The van der Waals surface area contributed by atoms with Crippen molar-refractivity contribution in [3.8, 4) is 11.3 Å². The topological polar surface area (TPSA) is 119 Å². The molecule has 1 amide bonds. The summed E-state index contributed by atoms with van der Waals surface area (Å²) in [5.74, 6) is 1.13. The van der Waals surface area contributed by atoms with Gasteiger partial charge in [0.2, 0.25) is 0 Å². The molecule has 0 spiro atoms.